The number of carbonyl (C=O) groups is 1. The van der Waals surface area contributed by atoms with Gasteiger partial charge in [0.2, 0.25) is 5.91 Å². The normalized spacial score (nSPS) is 14.6. The van der Waals surface area contributed by atoms with Gasteiger partial charge in [-0.3, -0.25) is 4.79 Å². The zero-order valence-electron chi connectivity index (χ0n) is 10.4. The van der Waals surface area contributed by atoms with Crippen molar-refractivity contribution in [1.29, 1.82) is 0 Å². The van der Waals surface area contributed by atoms with E-state index in [9.17, 15) is 13.2 Å². The van der Waals surface area contributed by atoms with E-state index in [2.05, 4.69) is 5.32 Å². The van der Waals surface area contributed by atoms with Crippen LogP contribution in [0, 0.1) is 0 Å². The Morgan fingerprint density at radius 1 is 1.38 bits per heavy atom. The zero-order chi connectivity index (χ0) is 13.0. The van der Waals surface area contributed by atoms with E-state index in [1.54, 1.807) is 0 Å². The fourth-order valence-electron chi connectivity index (χ4n) is 1.10. The number of carbonyl (C=O) groups excluding carboxylic acids is 1. The molecule has 1 unspecified atom stereocenters. The smallest absolute Gasteiger partial charge is 0.238 e. The second-order valence-corrected chi connectivity index (χ2v) is 6.63. The molecule has 0 aromatic rings. The molecule has 0 bridgehead atoms. The molecule has 0 aliphatic rings. The van der Waals surface area contributed by atoms with Crippen molar-refractivity contribution in [3.05, 3.63) is 0 Å². The van der Waals surface area contributed by atoms with E-state index in [1.807, 2.05) is 13.8 Å². The van der Waals surface area contributed by atoms with Crippen LogP contribution >= 0.6 is 0 Å². The minimum Gasteiger partial charge on any atom is -0.353 e. The van der Waals surface area contributed by atoms with Crippen molar-refractivity contribution in [2.75, 3.05) is 12.8 Å². The van der Waals surface area contributed by atoms with Gasteiger partial charge < -0.3 is 11.1 Å². The van der Waals surface area contributed by atoms with Gasteiger partial charge in [-0.1, -0.05) is 13.8 Å². The summed E-state index contributed by atoms with van der Waals surface area (Å²) in [5, 5.41) is 1.57. The van der Waals surface area contributed by atoms with Crippen molar-refractivity contribution in [3.8, 4) is 0 Å². The maximum Gasteiger partial charge on any atom is 0.238 e. The van der Waals surface area contributed by atoms with Gasteiger partial charge in [0, 0.05) is 18.3 Å². The van der Waals surface area contributed by atoms with Gasteiger partial charge in [0.1, 0.15) is 5.25 Å². The standard InChI is InChI=1S/C10H22N2O3S/c1-5-10(11,6-2)7-12-9(13)8(3)16(4,14)15/h8H,5-7,11H2,1-4H3,(H,12,13). The highest BCUT2D eigenvalue weighted by atomic mass is 32.2. The Labute approximate surface area is 97.7 Å². The molecule has 3 N–H and O–H groups in total. The fraction of sp³-hybridized carbons (Fsp3) is 0.900. The molecular weight excluding hydrogens is 228 g/mol. The van der Waals surface area contributed by atoms with Gasteiger partial charge in [-0.15, -0.1) is 0 Å². The van der Waals surface area contributed by atoms with Crippen LogP contribution in [0.25, 0.3) is 0 Å². The number of nitrogens with one attached hydrogen (secondary N) is 1. The first kappa shape index (κ1) is 15.4. The molecule has 0 fully saturated rings. The maximum atomic E-state index is 11.5. The lowest BCUT2D eigenvalue weighted by molar-refractivity contribution is -0.120. The number of amides is 1. The van der Waals surface area contributed by atoms with Gasteiger partial charge in [-0.05, 0) is 19.8 Å². The molecule has 0 aliphatic carbocycles. The van der Waals surface area contributed by atoms with Crippen LogP contribution in [0.3, 0.4) is 0 Å². The first-order valence-electron chi connectivity index (χ1n) is 5.41. The molecule has 0 radical (unpaired) electrons. The number of hydrogen-bond donors (Lipinski definition) is 2. The van der Waals surface area contributed by atoms with Crippen LogP contribution < -0.4 is 11.1 Å². The summed E-state index contributed by atoms with van der Waals surface area (Å²) in [5.74, 6) is -0.487. The first-order chi connectivity index (χ1) is 7.16. The van der Waals surface area contributed by atoms with Crippen LogP contribution in [-0.4, -0.2) is 37.9 Å². The van der Waals surface area contributed by atoms with Gasteiger partial charge in [-0.2, -0.15) is 0 Å². The molecule has 1 atom stereocenters. The Kier molecular flexibility index (Phi) is 5.41. The van der Waals surface area contributed by atoms with E-state index in [4.69, 9.17) is 5.73 Å². The lowest BCUT2D eigenvalue weighted by Gasteiger charge is -2.27. The van der Waals surface area contributed by atoms with Gasteiger partial charge in [0.15, 0.2) is 9.84 Å². The highest BCUT2D eigenvalue weighted by Gasteiger charge is 2.26. The summed E-state index contributed by atoms with van der Waals surface area (Å²) < 4.78 is 22.3. The van der Waals surface area contributed by atoms with E-state index in [-0.39, 0.29) is 0 Å². The van der Waals surface area contributed by atoms with Gasteiger partial charge in [0.05, 0.1) is 0 Å². The van der Waals surface area contributed by atoms with E-state index < -0.39 is 26.5 Å². The molecule has 0 saturated heterocycles. The Hall–Kier alpha value is -0.620. The van der Waals surface area contributed by atoms with Crippen LogP contribution in [0.5, 0.6) is 0 Å². The van der Waals surface area contributed by atoms with Crippen molar-refractivity contribution < 1.29 is 13.2 Å². The summed E-state index contributed by atoms with van der Waals surface area (Å²) in [6.45, 7) is 5.56. The molecule has 96 valence electrons. The second kappa shape index (κ2) is 5.63. The third-order valence-corrected chi connectivity index (χ3v) is 4.53. The average Bonchev–Trinajstić information content (AvgIpc) is 2.23. The largest absolute Gasteiger partial charge is 0.353 e. The zero-order valence-corrected chi connectivity index (χ0v) is 11.2. The molecule has 16 heavy (non-hydrogen) atoms. The molecule has 1 amide bonds. The van der Waals surface area contributed by atoms with Gasteiger partial charge in [0.25, 0.3) is 0 Å². The molecular formula is C10H22N2O3S. The Morgan fingerprint density at radius 3 is 2.12 bits per heavy atom. The molecule has 5 nitrogen and oxygen atoms in total. The van der Waals surface area contributed by atoms with Gasteiger partial charge in [-0.25, -0.2) is 8.42 Å². The number of nitrogens with two attached hydrogens (primary N) is 1. The van der Waals surface area contributed by atoms with Crippen molar-refractivity contribution >= 4 is 15.7 Å². The van der Waals surface area contributed by atoms with E-state index in [0.717, 1.165) is 19.1 Å². The topological polar surface area (TPSA) is 89.3 Å². The quantitative estimate of drug-likeness (QED) is 0.697. The summed E-state index contributed by atoms with van der Waals surface area (Å²) in [4.78, 5) is 11.5. The third-order valence-electron chi connectivity index (χ3n) is 3.03. The molecule has 6 heteroatoms. The summed E-state index contributed by atoms with van der Waals surface area (Å²) in [7, 11) is -3.34. The van der Waals surface area contributed by atoms with Crippen molar-refractivity contribution in [2.24, 2.45) is 5.73 Å². The number of rotatable bonds is 6. The highest BCUT2D eigenvalue weighted by Crippen LogP contribution is 2.09. The first-order valence-corrected chi connectivity index (χ1v) is 7.37. The predicted molar refractivity (Wildman–Crippen MR) is 64.8 cm³/mol. The molecule has 0 heterocycles. The van der Waals surface area contributed by atoms with Crippen LogP contribution in [0.4, 0.5) is 0 Å². The van der Waals surface area contributed by atoms with E-state index in [1.165, 1.54) is 6.92 Å². The second-order valence-electron chi connectivity index (χ2n) is 4.26. The number of sulfone groups is 1. The van der Waals surface area contributed by atoms with Crippen molar-refractivity contribution in [1.82, 2.24) is 5.32 Å². The molecule has 0 rings (SSSR count). The van der Waals surface area contributed by atoms with Crippen LogP contribution in [0.2, 0.25) is 0 Å². The minimum absolute atomic E-state index is 0.304. The third kappa shape index (κ3) is 4.49. The summed E-state index contributed by atoms with van der Waals surface area (Å²) >= 11 is 0. The van der Waals surface area contributed by atoms with Crippen LogP contribution in [-0.2, 0) is 14.6 Å². The van der Waals surface area contributed by atoms with Gasteiger partial charge >= 0.3 is 0 Å². The SMILES string of the molecule is CCC(N)(CC)CNC(=O)C(C)S(C)(=O)=O. The molecule has 0 saturated carbocycles. The van der Waals surface area contributed by atoms with Crippen LogP contribution in [0.1, 0.15) is 33.6 Å². The summed E-state index contributed by atoms with van der Waals surface area (Å²) in [6.07, 6.45) is 2.51. The Morgan fingerprint density at radius 2 is 1.81 bits per heavy atom. The average molecular weight is 250 g/mol. The number of hydrogen-bond acceptors (Lipinski definition) is 4. The lowest BCUT2D eigenvalue weighted by Crippen LogP contribution is -2.51. The molecule has 0 aromatic carbocycles. The van der Waals surface area contributed by atoms with Crippen molar-refractivity contribution in [3.63, 3.8) is 0 Å². The lowest BCUT2D eigenvalue weighted by atomic mass is 9.94. The fourth-order valence-corrected chi connectivity index (χ4v) is 1.57. The summed E-state index contributed by atoms with van der Waals surface area (Å²) in [6, 6.07) is 0. The predicted octanol–water partition coefficient (Wildman–Crippen LogP) is 0.0532. The molecule has 0 aromatic heterocycles. The Balaban J connectivity index is 4.39. The highest BCUT2D eigenvalue weighted by molar-refractivity contribution is 7.92. The minimum atomic E-state index is -3.34. The maximum absolute atomic E-state index is 11.5. The summed E-state index contributed by atoms with van der Waals surface area (Å²) in [5.41, 5.74) is 5.54. The monoisotopic (exact) mass is 250 g/mol. The van der Waals surface area contributed by atoms with E-state index >= 15 is 0 Å². The Bertz CT molecular complexity index is 334. The van der Waals surface area contributed by atoms with Crippen molar-refractivity contribution in [2.45, 2.75) is 44.4 Å². The molecule has 0 spiro atoms. The molecule has 0 aliphatic heterocycles. The van der Waals surface area contributed by atoms with Crippen LogP contribution in [0.15, 0.2) is 0 Å². The van der Waals surface area contributed by atoms with E-state index in [0.29, 0.717) is 6.54 Å².